The molecule has 0 aromatic heterocycles. The molecule has 4 nitrogen and oxygen atoms in total. The van der Waals surface area contributed by atoms with Crippen molar-refractivity contribution >= 4 is 11.9 Å². The van der Waals surface area contributed by atoms with Gasteiger partial charge in [-0.1, -0.05) is 72.5 Å². The number of rotatable bonds is 4. The Morgan fingerprint density at radius 3 is 1.31 bits per heavy atom. The van der Waals surface area contributed by atoms with E-state index in [1.807, 2.05) is 72.8 Å². The van der Waals surface area contributed by atoms with Crippen LogP contribution < -0.4 is 0 Å². The standard InChI is InChI=1S/C28H18O4/c29-27(30)25-15-20(16-26(18-25)28(31)32)12-11-19-13-23(21-7-3-1-4-8-21)17-24(14-19)22-9-5-2-6-10-22/h1-10,13-18H,(H,29,30)(H,31,32). The molecule has 0 aliphatic heterocycles. The van der Waals surface area contributed by atoms with Crippen LogP contribution in [0, 0.1) is 11.8 Å². The molecule has 4 heteroatoms. The molecule has 0 bridgehead atoms. The fourth-order valence-electron chi connectivity index (χ4n) is 3.39. The molecule has 4 aromatic rings. The van der Waals surface area contributed by atoms with Crippen molar-refractivity contribution in [3.05, 3.63) is 119 Å². The summed E-state index contributed by atoms with van der Waals surface area (Å²) in [7, 11) is 0. The summed E-state index contributed by atoms with van der Waals surface area (Å²) >= 11 is 0. The van der Waals surface area contributed by atoms with Crippen molar-refractivity contribution in [2.45, 2.75) is 0 Å². The minimum Gasteiger partial charge on any atom is -0.478 e. The Balaban J connectivity index is 1.82. The number of benzene rings is 4. The van der Waals surface area contributed by atoms with Gasteiger partial charge in [-0.05, 0) is 58.7 Å². The number of hydrogen-bond acceptors (Lipinski definition) is 2. The summed E-state index contributed by atoms with van der Waals surface area (Å²) in [5.74, 6) is 3.61. The number of hydrogen-bond donors (Lipinski definition) is 2. The summed E-state index contributed by atoms with van der Waals surface area (Å²) in [6.07, 6.45) is 0. The molecular formula is C28H18O4. The molecule has 0 atom stereocenters. The van der Waals surface area contributed by atoms with Gasteiger partial charge in [0.25, 0.3) is 0 Å². The largest absolute Gasteiger partial charge is 0.478 e. The lowest BCUT2D eigenvalue weighted by Crippen LogP contribution is -2.03. The van der Waals surface area contributed by atoms with E-state index < -0.39 is 11.9 Å². The van der Waals surface area contributed by atoms with Gasteiger partial charge in [-0.3, -0.25) is 0 Å². The molecule has 0 amide bonds. The van der Waals surface area contributed by atoms with Crippen LogP contribution in [0.1, 0.15) is 31.8 Å². The molecule has 0 saturated heterocycles. The number of carboxylic acids is 2. The van der Waals surface area contributed by atoms with Gasteiger partial charge in [0.15, 0.2) is 0 Å². The van der Waals surface area contributed by atoms with Gasteiger partial charge in [0, 0.05) is 11.1 Å². The molecule has 4 aromatic carbocycles. The van der Waals surface area contributed by atoms with E-state index in [1.54, 1.807) is 0 Å². The quantitative estimate of drug-likeness (QED) is 0.410. The van der Waals surface area contributed by atoms with Gasteiger partial charge in [-0.2, -0.15) is 0 Å². The second-order valence-corrected chi connectivity index (χ2v) is 7.19. The van der Waals surface area contributed by atoms with Crippen molar-refractivity contribution in [2.24, 2.45) is 0 Å². The fraction of sp³-hybridized carbons (Fsp3) is 0. The van der Waals surface area contributed by atoms with Crippen LogP contribution in [0.15, 0.2) is 97.1 Å². The maximum Gasteiger partial charge on any atom is 0.335 e. The summed E-state index contributed by atoms with van der Waals surface area (Å²) in [6, 6.07) is 29.8. The smallest absolute Gasteiger partial charge is 0.335 e. The van der Waals surface area contributed by atoms with Crippen LogP contribution in [-0.4, -0.2) is 22.2 Å². The molecule has 32 heavy (non-hydrogen) atoms. The molecule has 0 heterocycles. The summed E-state index contributed by atoms with van der Waals surface area (Å²) < 4.78 is 0. The van der Waals surface area contributed by atoms with E-state index >= 15 is 0 Å². The maximum atomic E-state index is 11.4. The molecule has 0 aliphatic carbocycles. The predicted octanol–water partition coefficient (Wildman–Crippen LogP) is 5.82. The molecule has 4 rings (SSSR count). The Hall–Kier alpha value is -4.62. The number of aromatic carboxylic acids is 2. The zero-order valence-electron chi connectivity index (χ0n) is 16.9. The third-order valence-corrected chi connectivity index (χ3v) is 4.93. The minimum atomic E-state index is -1.20. The van der Waals surface area contributed by atoms with E-state index in [4.69, 9.17) is 0 Å². The monoisotopic (exact) mass is 418 g/mol. The van der Waals surface area contributed by atoms with Gasteiger partial charge in [0.2, 0.25) is 0 Å². The first-order valence-corrected chi connectivity index (χ1v) is 9.89. The zero-order valence-corrected chi connectivity index (χ0v) is 16.9. The van der Waals surface area contributed by atoms with Gasteiger partial charge in [-0.25, -0.2) is 9.59 Å². The molecule has 0 spiro atoms. The van der Waals surface area contributed by atoms with Crippen LogP contribution in [0.3, 0.4) is 0 Å². The Morgan fingerprint density at radius 2 is 0.906 bits per heavy atom. The summed E-state index contributed by atoms with van der Waals surface area (Å²) in [6.45, 7) is 0. The lowest BCUT2D eigenvalue weighted by molar-refractivity contribution is 0.0696. The van der Waals surface area contributed by atoms with E-state index in [0.29, 0.717) is 5.56 Å². The van der Waals surface area contributed by atoms with Gasteiger partial charge in [-0.15, -0.1) is 0 Å². The van der Waals surface area contributed by atoms with Gasteiger partial charge in [0.1, 0.15) is 0 Å². The first-order valence-electron chi connectivity index (χ1n) is 9.89. The highest BCUT2D eigenvalue weighted by Crippen LogP contribution is 2.28. The van der Waals surface area contributed by atoms with Gasteiger partial charge in [0.05, 0.1) is 11.1 Å². The zero-order chi connectivity index (χ0) is 22.5. The lowest BCUT2D eigenvalue weighted by Gasteiger charge is -2.08. The van der Waals surface area contributed by atoms with E-state index in [1.165, 1.54) is 12.1 Å². The molecule has 2 N–H and O–H groups in total. The van der Waals surface area contributed by atoms with Crippen molar-refractivity contribution in [3.8, 4) is 34.1 Å². The highest BCUT2D eigenvalue weighted by Gasteiger charge is 2.11. The van der Waals surface area contributed by atoms with Crippen molar-refractivity contribution in [1.82, 2.24) is 0 Å². The normalized spacial score (nSPS) is 10.1. The summed E-state index contributed by atoms with van der Waals surface area (Å²) in [5.41, 5.74) is 4.94. The van der Waals surface area contributed by atoms with Crippen LogP contribution in [-0.2, 0) is 0 Å². The lowest BCUT2D eigenvalue weighted by atomic mass is 9.96. The Morgan fingerprint density at radius 1 is 0.500 bits per heavy atom. The second kappa shape index (κ2) is 9.03. The van der Waals surface area contributed by atoms with Crippen LogP contribution in [0.4, 0.5) is 0 Å². The van der Waals surface area contributed by atoms with E-state index in [9.17, 15) is 19.8 Å². The average Bonchev–Trinajstić information content (AvgIpc) is 2.83. The molecule has 0 saturated carbocycles. The first kappa shape index (κ1) is 20.6. The van der Waals surface area contributed by atoms with Crippen LogP contribution >= 0.6 is 0 Å². The van der Waals surface area contributed by atoms with Crippen molar-refractivity contribution in [2.75, 3.05) is 0 Å². The van der Waals surface area contributed by atoms with Crippen LogP contribution in [0.25, 0.3) is 22.3 Å². The average molecular weight is 418 g/mol. The van der Waals surface area contributed by atoms with Gasteiger partial charge < -0.3 is 10.2 Å². The molecule has 0 fully saturated rings. The number of carbonyl (C=O) groups is 2. The van der Waals surface area contributed by atoms with E-state index in [-0.39, 0.29) is 11.1 Å². The summed E-state index contributed by atoms with van der Waals surface area (Å²) in [5, 5.41) is 18.6. The maximum absolute atomic E-state index is 11.4. The SMILES string of the molecule is O=C(O)c1cc(C#Cc2cc(-c3ccccc3)cc(-c3ccccc3)c2)cc(C(=O)O)c1. The predicted molar refractivity (Wildman–Crippen MR) is 124 cm³/mol. The second-order valence-electron chi connectivity index (χ2n) is 7.19. The molecule has 154 valence electrons. The van der Waals surface area contributed by atoms with E-state index in [0.717, 1.165) is 33.9 Å². The highest BCUT2D eigenvalue weighted by atomic mass is 16.4. The van der Waals surface area contributed by atoms with Crippen molar-refractivity contribution in [3.63, 3.8) is 0 Å². The van der Waals surface area contributed by atoms with Gasteiger partial charge >= 0.3 is 11.9 Å². The van der Waals surface area contributed by atoms with Crippen molar-refractivity contribution in [1.29, 1.82) is 0 Å². The molecule has 0 aliphatic rings. The Kier molecular flexibility index (Phi) is 5.83. The fourth-order valence-corrected chi connectivity index (χ4v) is 3.39. The van der Waals surface area contributed by atoms with Crippen LogP contribution in [0.2, 0.25) is 0 Å². The molecule has 0 unspecified atom stereocenters. The third kappa shape index (κ3) is 4.75. The van der Waals surface area contributed by atoms with Crippen LogP contribution in [0.5, 0.6) is 0 Å². The Labute approximate surface area is 185 Å². The van der Waals surface area contributed by atoms with E-state index in [2.05, 4.69) is 17.9 Å². The minimum absolute atomic E-state index is 0.114. The topological polar surface area (TPSA) is 74.6 Å². The highest BCUT2D eigenvalue weighted by molar-refractivity contribution is 5.94. The summed E-state index contributed by atoms with van der Waals surface area (Å²) in [4.78, 5) is 22.7. The number of carboxylic acid groups (broad SMARTS) is 2. The Bertz CT molecular complexity index is 1270. The first-order chi connectivity index (χ1) is 15.5. The molecular weight excluding hydrogens is 400 g/mol. The molecule has 0 radical (unpaired) electrons. The van der Waals surface area contributed by atoms with Crippen molar-refractivity contribution < 1.29 is 19.8 Å². The third-order valence-electron chi connectivity index (χ3n) is 4.93.